The van der Waals surface area contributed by atoms with Crippen LogP contribution < -0.4 is 22.5 Å². The molecule has 0 aliphatic heterocycles. The highest BCUT2D eigenvalue weighted by Gasteiger charge is 2.40. The van der Waals surface area contributed by atoms with E-state index in [0.29, 0.717) is 0 Å². The molecule has 0 aliphatic rings. The van der Waals surface area contributed by atoms with Crippen molar-refractivity contribution in [1.82, 2.24) is 0 Å². The van der Waals surface area contributed by atoms with Crippen molar-refractivity contribution in [1.29, 1.82) is 0 Å². The third-order valence-electron chi connectivity index (χ3n) is 6.44. The fourth-order valence-corrected chi connectivity index (χ4v) is 4.71. The number of fused-ring (bicyclic) bond motifs is 2. The molecule has 0 fully saturated rings. The van der Waals surface area contributed by atoms with E-state index in [9.17, 15) is 71.9 Å². The zero-order chi connectivity index (χ0) is 32.9. The number of alkyl halides is 12. The third-order valence-corrected chi connectivity index (χ3v) is 6.44. The first-order valence-electron chi connectivity index (χ1n) is 11.4. The highest BCUT2D eigenvalue weighted by atomic mass is 19.4. The van der Waals surface area contributed by atoms with Crippen molar-refractivity contribution >= 4 is 21.5 Å². The average Bonchev–Trinajstić information content (AvgIpc) is 3.34. The number of rotatable bonds is 2. The Bertz CT molecular complexity index is 1910. The highest BCUT2D eigenvalue weighted by molar-refractivity contribution is 6.20. The third kappa shape index (κ3) is 4.92. The summed E-state index contributed by atoms with van der Waals surface area (Å²) in [6.07, 6.45) is -21.9. The van der Waals surface area contributed by atoms with Crippen LogP contribution in [0.2, 0.25) is 0 Å². The molecule has 2 aromatic heterocycles. The lowest BCUT2D eigenvalue weighted by atomic mass is 9.87. The molecule has 230 valence electrons. The second kappa shape index (κ2) is 9.30. The Morgan fingerprint density at radius 2 is 0.568 bits per heavy atom. The van der Waals surface area contributed by atoms with E-state index >= 15 is 0 Å². The summed E-state index contributed by atoms with van der Waals surface area (Å²) in [7, 11) is 0. The van der Waals surface area contributed by atoms with Crippen LogP contribution in [0.5, 0.6) is 0 Å². The SMILES string of the molecule is O=c1oc(=O)c2c(-c3cc(C(F)(F)F)cc(C(F)(F)F)c3)c3c(=O)oc(=O)c3c(-c3cc(C(F)(F)F)cc(C(F)(F)F)c3)c12. The van der Waals surface area contributed by atoms with Crippen LogP contribution in [0.4, 0.5) is 52.7 Å². The monoisotopic (exact) mass is 642 g/mol. The van der Waals surface area contributed by atoms with E-state index in [4.69, 9.17) is 0 Å². The fourth-order valence-electron chi connectivity index (χ4n) is 4.71. The van der Waals surface area contributed by atoms with Gasteiger partial charge in [-0.2, -0.15) is 52.7 Å². The minimum atomic E-state index is -5.49. The second-order valence-corrected chi connectivity index (χ2v) is 9.19. The molecule has 44 heavy (non-hydrogen) atoms. The van der Waals surface area contributed by atoms with Crippen molar-refractivity contribution in [2.75, 3.05) is 0 Å². The Balaban J connectivity index is 2.07. The van der Waals surface area contributed by atoms with Gasteiger partial charge in [-0.3, -0.25) is 0 Å². The summed E-state index contributed by atoms with van der Waals surface area (Å²) < 4.78 is 172. The van der Waals surface area contributed by atoms with Crippen LogP contribution in [0.25, 0.3) is 43.8 Å². The molecule has 0 saturated heterocycles. The summed E-state index contributed by atoms with van der Waals surface area (Å²) in [4.78, 5) is 51.1. The number of hydrogen-bond donors (Lipinski definition) is 0. The predicted molar refractivity (Wildman–Crippen MR) is 124 cm³/mol. The van der Waals surface area contributed by atoms with Gasteiger partial charge in [-0.05, 0) is 47.5 Å². The summed E-state index contributed by atoms with van der Waals surface area (Å²) in [6, 6.07) is -0.670. The molecule has 0 saturated carbocycles. The van der Waals surface area contributed by atoms with Crippen LogP contribution in [-0.4, -0.2) is 0 Å². The Labute approximate surface area is 231 Å². The molecule has 0 atom stereocenters. The summed E-state index contributed by atoms with van der Waals surface area (Å²) in [5, 5.41) is -5.25. The van der Waals surface area contributed by atoms with Gasteiger partial charge in [0.25, 0.3) is 0 Å². The largest absolute Gasteiger partial charge is 0.416 e. The van der Waals surface area contributed by atoms with E-state index in [-0.39, 0.29) is 36.4 Å². The van der Waals surface area contributed by atoms with Crippen molar-refractivity contribution in [3.8, 4) is 22.3 Å². The van der Waals surface area contributed by atoms with Gasteiger partial charge in [0.15, 0.2) is 0 Å². The van der Waals surface area contributed by atoms with Crippen LogP contribution in [0.1, 0.15) is 22.3 Å². The van der Waals surface area contributed by atoms with E-state index in [0.717, 1.165) is 0 Å². The maximum atomic E-state index is 13.6. The number of halogens is 12. The summed E-state index contributed by atoms with van der Waals surface area (Å²) in [6.45, 7) is 0. The lowest BCUT2D eigenvalue weighted by Gasteiger charge is -2.17. The van der Waals surface area contributed by atoms with Crippen LogP contribution >= 0.6 is 0 Å². The Morgan fingerprint density at radius 3 is 0.750 bits per heavy atom. The highest BCUT2D eigenvalue weighted by Crippen LogP contribution is 2.45. The van der Waals surface area contributed by atoms with Gasteiger partial charge in [0, 0.05) is 11.1 Å². The van der Waals surface area contributed by atoms with E-state index < -0.39 is 113 Å². The molecule has 0 N–H and O–H groups in total. The van der Waals surface area contributed by atoms with Crippen molar-refractivity contribution in [2.45, 2.75) is 24.7 Å². The molecule has 0 radical (unpaired) electrons. The number of furan rings is 2. The molecule has 6 nitrogen and oxygen atoms in total. The molecule has 2 heterocycles. The molecular formula is C26H6F12O6. The maximum Gasteiger partial charge on any atom is 0.416 e. The van der Waals surface area contributed by atoms with Crippen molar-refractivity contribution in [2.24, 2.45) is 0 Å². The van der Waals surface area contributed by atoms with Gasteiger partial charge in [0.05, 0.1) is 43.8 Å². The van der Waals surface area contributed by atoms with E-state index in [2.05, 4.69) is 8.83 Å². The standard InChI is InChI=1S/C26H6F12O6/c27-23(28,29)9-1-7(2-10(5-9)24(30,31)32)13-15-17(21(41)43-19(15)39)14(18-16(13)20(40)44-22(18)42)8-3-11(25(33,34)35)6-12(4-8)26(36,37)38/h1-6H. The maximum absolute atomic E-state index is 13.6. The number of benzene rings is 3. The topological polar surface area (TPSA) is 94.6 Å². The van der Waals surface area contributed by atoms with Crippen molar-refractivity contribution < 1.29 is 61.5 Å². The molecule has 5 aromatic rings. The fraction of sp³-hybridized carbons (Fsp3) is 0.154. The molecule has 5 rings (SSSR count). The minimum Gasteiger partial charge on any atom is -0.386 e. The van der Waals surface area contributed by atoms with Crippen molar-refractivity contribution in [3.05, 3.63) is 100 Å². The van der Waals surface area contributed by atoms with Crippen molar-refractivity contribution in [3.63, 3.8) is 0 Å². The molecule has 0 spiro atoms. The molecule has 18 heteroatoms. The number of hydrogen-bond acceptors (Lipinski definition) is 6. The normalized spacial score (nSPS) is 13.4. The molecule has 0 unspecified atom stereocenters. The predicted octanol–water partition coefficient (Wildman–Crippen LogP) is 6.90. The van der Waals surface area contributed by atoms with Gasteiger partial charge in [-0.1, -0.05) is 0 Å². The van der Waals surface area contributed by atoms with Crippen LogP contribution in [0.3, 0.4) is 0 Å². The average molecular weight is 642 g/mol. The van der Waals surface area contributed by atoms with Gasteiger partial charge in [0.2, 0.25) is 0 Å². The second-order valence-electron chi connectivity index (χ2n) is 9.19. The summed E-state index contributed by atoms with van der Waals surface area (Å²) in [5.41, 5.74) is -20.4. The summed E-state index contributed by atoms with van der Waals surface area (Å²) in [5.74, 6) is 0. The quantitative estimate of drug-likeness (QED) is 0.195. The van der Waals surface area contributed by atoms with Gasteiger partial charge in [-0.25, -0.2) is 19.2 Å². The zero-order valence-electron chi connectivity index (χ0n) is 20.4. The Kier molecular flexibility index (Phi) is 6.46. The smallest absolute Gasteiger partial charge is 0.386 e. The first-order valence-corrected chi connectivity index (χ1v) is 11.4. The van der Waals surface area contributed by atoms with E-state index in [1.54, 1.807) is 0 Å². The lowest BCUT2D eigenvalue weighted by molar-refractivity contribution is -0.144. The van der Waals surface area contributed by atoms with E-state index in [1.165, 1.54) is 0 Å². The first kappa shape index (κ1) is 30.6. The van der Waals surface area contributed by atoms with E-state index in [1.807, 2.05) is 0 Å². The summed E-state index contributed by atoms with van der Waals surface area (Å²) >= 11 is 0. The van der Waals surface area contributed by atoms with Crippen LogP contribution in [-0.2, 0) is 24.7 Å². The lowest BCUT2D eigenvalue weighted by Crippen LogP contribution is -2.12. The first-order chi connectivity index (χ1) is 20.0. The Hall–Kier alpha value is -4.90. The molecule has 0 aliphatic carbocycles. The minimum absolute atomic E-state index is 0.00297. The Morgan fingerprint density at radius 1 is 0.364 bits per heavy atom. The van der Waals surface area contributed by atoms with Gasteiger partial charge >= 0.3 is 47.2 Å². The molecular weight excluding hydrogens is 636 g/mol. The van der Waals surface area contributed by atoms with Gasteiger partial charge in [-0.15, -0.1) is 0 Å². The molecule has 3 aromatic carbocycles. The van der Waals surface area contributed by atoms with Crippen LogP contribution in [0.15, 0.2) is 64.4 Å². The zero-order valence-corrected chi connectivity index (χ0v) is 20.4. The van der Waals surface area contributed by atoms with Crippen LogP contribution in [0, 0.1) is 0 Å². The molecule has 0 amide bonds. The molecule has 0 bridgehead atoms. The van der Waals surface area contributed by atoms with Gasteiger partial charge < -0.3 is 8.83 Å². The van der Waals surface area contributed by atoms with Gasteiger partial charge in [0.1, 0.15) is 0 Å².